The van der Waals surface area contributed by atoms with E-state index >= 15 is 0 Å². The van der Waals surface area contributed by atoms with Crippen molar-refractivity contribution in [3.05, 3.63) is 24.3 Å². The summed E-state index contributed by atoms with van der Waals surface area (Å²) in [4.78, 5) is 25.7. The normalized spacial score (nSPS) is 52.9. The second kappa shape index (κ2) is 4.19. The molecule has 5 fully saturated rings. The summed E-state index contributed by atoms with van der Waals surface area (Å²) in [6.45, 7) is -0.0363. The standard InChI is InChI=1S/C20H16F6N2O2/c21-19(22,23)13(29)27-5-15-1-2-16-6-28(14(30)20(24,25)26)8-18(16)4-3-17(15,7-27)11-9(15)10(16)12(11)18/h1-4,9-12H,5-8H2. The number of nitrogens with zero attached hydrogens (tertiary/aromatic N) is 2. The zero-order chi connectivity index (χ0) is 21.3. The van der Waals surface area contributed by atoms with Crippen molar-refractivity contribution < 1.29 is 35.9 Å². The fraction of sp³-hybridized carbons (Fsp3) is 0.700. The van der Waals surface area contributed by atoms with Gasteiger partial charge >= 0.3 is 24.2 Å². The Balaban J connectivity index is 1.31. The summed E-state index contributed by atoms with van der Waals surface area (Å²) in [6, 6.07) is 0. The number of halogens is 6. The highest BCUT2D eigenvalue weighted by Crippen LogP contribution is 2.96. The van der Waals surface area contributed by atoms with E-state index < -0.39 is 45.8 Å². The molecule has 30 heavy (non-hydrogen) atoms. The fourth-order valence-corrected chi connectivity index (χ4v) is 9.26. The van der Waals surface area contributed by atoms with Crippen molar-refractivity contribution in [2.75, 3.05) is 26.2 Å². The Labute approximate surface area is 166 Å². The number of carbonyl (C=O) groups excluding carboxylic acids is 2. The molecule has 4 spiro atoms. The van der Waals surface area contributed by atoms with Crippen molar-refractivity contribution in [3.63, 3.8) is 0 Å². The molecule has 0 atom stereocenters. The summed E-state index contributed by atoms with van der Waals surface area (Å²) >= 11 is 0. The van der Waals surface area contributed by atoms with Gasteiger partial charge in [-0.2, -0.15) is 26.3 Å². The third kappa shape index (κ3) is 1.34. The van der Waals surface area contributed by atoms with Crippen LogP contribution in [0.25, 0.3) is 0 Å². The highest BCUT2D eigenvalue weighted by Gasteiger charge is 2.96. The van der Waals surface area contributed by atoms with Crippen molar-refractivity contribution in [3.8, 4) is 0 Å². The van der Waals surface area contributed by atoms with E-state index in [1.807, 2.05) is 24.3 Å². The van der Waals surface area contributed by atoms with Crippen LogP contribution in [0.15, 0.2) is 24.3 Å². The van der Waals surface area contributed by atoms with Crippen LogP contribution < -0.4 is 0 Å². The van der Waals surface area contributed by atoms with Crippen LogP contribution in [0.3, 0.4) is 0 Å². The number of rotatable bonds is 0. The van der Waals surface area contributed by atoms with E-state index in [1.165, 1.54) is 0 Å². The van der Waals surface area contributed by atoms with Gasteiger partial charge in [-0.15, -0.1) is 0 Å². The predicted octanol–water partition coefficient (Wildman–Crippen LogP) is 2.39. The molecule has 2 saturated heterocycles. The molecule has 3 saturated carbocycles. The Morgan fingerprint density at radius 1 is 0.600 bits per heavy atom. The number of carbonyl (C=O) groups is 2. The van der Waals surface area contributed by atoms with Gasteiger partial charge in [0.1, 0.15) is 0 Å². The van der Waals surface area contributed by atoms with E-state index in [9.17, 15) is 35.9 Å². The number of hydrogen-bond donors (Lipinski definition) is 0. The lowest BCUT2D eigenvalue weighted by Crippen LogP contribution is -2.90. The van der Waals surface area contributed by atoms with E-state index in [1.54, 1.807) is 0 Å². The van der Waals surface area contributed by atoms with Crippen molar-refractivity contribution in [1.29, 1.82) is 0 Å². The van der Waals surface area contributed by atoms with Crippen LogP contribution in [0.1, 0.15) is 0 Å². The maximum Gasteiger partial charge on any atom is 0.471 e. The molecule has 0 N–H and O–H groups in total. The summed E-state index contributed by atoms with van der Waals surface area (Å²) in [5.74, 6) is -3.38. The molecule has 0 radical (unpaired) electrons. The van der Waals surface area contributed by atoms with Crippen molar-refractivity contribution in [1.82, 2.24) is 9.80 Å². The Morgan fingerprint density at radius 2 is 0.833 bits per heavy atom. The van der Waals surface area contributed by atoms with Gasteiger partial charge in [-0.3, -0.25) is 9.59 Å². The number of hydrogen-bond acceptors (Lipinski definition) is 2. The highest BCUT2D eigenvalue weighted by atomic mass is 19.4. The van der Waals surface area contributed by atoms with Gasteiger partial charge in [-0.25, -0.2) is 0 Å². The molecule has 7 rings (SSSR count). The fourth-order valence-electron chi connectivity index (χ4n) is 9.26. The van der Waals surface area contributed by atoms with Gasteiger partial charge in [0.25, 0.3) is 0 Å². The molecule has 0 bridgehead atoms. The van der Waals surface area contributed by atoms with Crippen LogP contribution in [0.5, 0.6) is 0 Å². The first-order valence-corrected chi connectivity index (χ1v) is 9.98. The van der Waals surface area contributed by atoms with Crippen LogP contribution in [0.2, 0.25) is 0 Å². The van der Waals surface area contributed by atoms with Crippen molar-refractivity contribution in [2.45, 2.75) is 12.4 Å². The zero-order valence-corrected chi connectivity index (χ0v) is 15.4. The number of amides is 2. The Hall–Kier alpha value is -2.00. The molecular weight excluding hydrogens is 414 g/mol. The summed E-state index contributed by atoms with van der Waals surface area (Å²) in [5.41, 5.74) is -2.30. The molecule has 5 aliphatic carbocycles. The zero-order valence-electron chi connectivity index (χ0n) is 15.4. The van der Waals surface area contributed by atoms with E-state index in [0.717, 1.165) is 9.80 Å². The quantitative estimate of drug-likeness (QED) is 0.438. The van der Waals surface area contributed by atoms with E-state index in [0.29, 0.717) is 0 Å². The third-order valence-corrected chi connectivity index (χ3v) is 9.89. The van der Waals surface area contributed by atoms with Crippen LogP contribution in [0, 0.1) is 45.3 Å². The Bertz CT molecular complexity index is 878. The molecule has 0 aromatic rings. The molecule has 2 heterocycles. The summed E-state index contributed by atoms with van der Waals surface area (Å²) in [5, 5.41) is 0. The topological polar surface area (TPSA) is 40.6 Å². The first-order valence-electron chi connectivity index (χ1n) is 9.98. The minimum absolute atomic E-state index is 0.00908. The molecule has 160 valence electrons. The largest absolute Gasteiger partial charge is 0.471 e. The second-order valence-corrected chi connectivity index (χ2v) is 10.2. The smallest absolute Gasteiger partial charge is 0.333 e. The molecule has 0 aromatic carbocycles. The van der Waals surface area contributed by atoms with Crippen LogP contribution in [0.4, 0.5) is 26.3 Å². The molecule has 2 aliphatic heterocycles. The minimum Gasteiger partial charge on any atom is -0.333 e. The summed E-state index contributed by atoms with van der Waals surface area (Å²) < 4.78 is 78.4. The van der Waals surface area contributed by atoms with Gasteiger partial charge in [0.15, 0.2) is 0 Å². The minimum atomic E-state index is -4.93. The van der Waals surface area contributed by atoms with E-state index in [4.69, 9.17) is 0 Å². The maximum absolute atomic E-state index is 13.1. The number of alkyl halides is 6. The lowest BCUT2D eigenvalue weighted by Gasteiger charge is -2.91. The molecule has 2 amide bonds. The van der Waals surface area contributed by atoms with Gasteiger partial charge in [0, 0.05) is 47.8 Å². The van der Waals surface area contributed by atoms with Crippen molar-refractivity contribution in [2.24, 2.45) is 45.3 Å². The van der Waals surface area contributed by atoms with Gasteiger partial charge in [0.05, 0.1) is 0 Å². The maximum atomic E-state index is 13.1. The van der Waals surface area contributed by atoms with Crippen LogP contribution in [-0.2, 0) is 9.59 Å². The lowest BCUT2D eigenvalue weighted by atomic mass is 9.11. The summed E-state index contributed by atoms with van der Waals surface area (Å²) in [7, 11) is 0. The SMILES string of the molecule is O=C(N1CC23C=CC45CN(C(=O)C(F)(F)F)CC46C=CC2(C1)C1C3C5C16)C(F)(F)F. The van der Waals surface area contributed by atoms with Crippen LogP contribution >= 0.6 is 0 Å². The molecular formula is C20H16F6N2O2. The van der Waals surface area contributed by atoms with E-state index in [-0.39, 0.29) is 49.9 Å². The second-order valence-electron chi connectivity index (χ2n) is 10.2. The molecule has 7 aliphatic rings. The van der Waals surface area contributed by atoms with Gasteiger partial charge in [-0.05, 0) is 23.7 Å². The van der Waals surface area contributed by atoms with Gasteiger partial charge < -0.3 is 9.80 Å². The molecule has 0 unspecified atom stereocenters. The highest BCUT2D eigenvalue weighted by molar-refractivity contribution is 5.84. The monoisotopic (exact) mass is 430 g/mol. The average molecular weight is 430 g/mol. The van der Waals surface area contributed by atoms with Gasteiger partial charge in [-0.1, -0.05) is 24.3 Å². The number of likely N-dealkylation sites (tertiary alicyclic amines) is 2. The van der Waals surface area contributed by atoms with E-state index in [2.05, 4.69) is 0 Å². The van der Waals surface area contributed by atoms with Crippen LogP contribution in [-0.4, -0.2) is 60.1 Å². The first kappa shape index (κ1) is 17.7. The summed E-state index contributed by atoms with van der Waals surface area (Å²) in [6.07, 6.45) is -2.29. The Morgan fingerprint density at radius 3 is 1.03 bits per heavy atom. The van der Waals surface area contributed by atoms with Gasteiger partial charge in [0.2, 0.25) is 0 Å². The average Bonchev–Trinajstić information content (AvgIpc) is 2.95. The predicted molar refractivity (Wildman–Crippen MR) is 87.2 cm³/mol. The third-order valence-electron chi connectivity index (χ3n) is 9.89. The first-order chi connectivity index (χ1) is 13.8. The molecule has 10 heteroatoms. The molecule has 4 nitrogen and oxygen atoms in total. The lowest BCUT2D eigenvalue weighted by molar-refractivity contribution is -0.397. The Kier molecular flexibility index (Phi) is 2.47. The molecule has 0 aromatic heterocycles. The van der Waals surface area contributed by atoms with Crippen molar-refractivity contribution >= 4 is 11.8 Å².